The second-order valence-corrected chi connectivity index (χ2v) is 6.34. The summed E-state index contributed by atoms with van der Waals surface area (Å²) in [5.74, 6) is 0.967. The number of hydrogen-bond donors (Lipinski definition) is 1. The smallest absolute Gasteiger partial charge is 0.115 e. The Bertz CT molecular complexity index is 467. The summed E-state index contributed by atoms with van der Waals surface area (Å²) in [5.41, 5.74) is 1.85. The minimum Gasteiger partial charge on any atom is -0.508 e. The van der Waals surface area contributed by atoms with Crippen LogP contribution in [0.4, 0.5) is 0 Å². The van der Waals surface area contributed by atoms with Gasteiger partial charge in [-0.3, -0.25) is 0 Å². The van der Waals surface area contributed by atoms with Gasteiger partial charge in [-0.2, -0.15) is 0 Å². The predicted molar refractivity (Wildman–Crippen MR) is 86.0 cm³/mol. The first kappa shape index (κ1) is 15.2. The number of benzene rings is 1. The van der Waals surface area contributed by atoms with Gasteiger partial charge in [0.2, 0.25) is 0 Å². The van der Waals surface area contributed by atoms with Crippen LogP contribution in [0.5, 0.6) is 5.75 Å². The van der Waals surface area contributed by atoms with Crippen LogP contribution >= 0.6 is 0 Å². The van der Waals surface area contributed by atoms with Crippen molar-refractivity contribution in [3.63, 3.8) is 0 Å². The third-order valence-electron chi connectivity index (χ3n) is 6.03. The van der Waals surface area contributed by atoms with E-state index in [0.29, 0.717) is 17.1 Å². The highest BCUT2D eigenvalue weighted by molar-refractivity contribution is 5.38. The van der Waals surface area contributed by atoms with Crippen molar-refractivity contribution in [3.8, 4) is 5.75 Å². The summed E-state index contributed by atoms with van der Waals surface area (Å²) >= 11 is 0. The van der Waals surface area contributed by atoms with Crippen LogP contribution < -0.4 is 0 Å². The Morgan fingerprint density at radius 2 is 1.65 bits per heavy atom. The molecule has 0 spiro atoms. The van der Waals surface area contributed by atoms with E-state index < -0.39 is 0 Å². The lowest BCUT2D eigenvalue weighted by Gasteiger charge is -2.51. The molecule has 0 aromatic heterocycles. The lowest BCUT2D eigenvalue weighted by Crippen LogP contribution is -2.44. The number of hydrogen-bond acceptors (Lipinski definition) is 1. The van der Waals surface area contributed by atoms with E-state index in [-0.39, 0.29) is 5.41 Å². The summed E-state index contributed by atoms with van der Waals surface area (Å²) in [5, 5.41) is 9.55. The number of rotatable bonds is 4. The molecule has 0 radical (unpaired) electrons. The maximum atomic E-state index is 9.55. The van der Waals surface area contributed by atoms with Crippen molar-refractivity contribution < 1.29 is 5.11 Å². The van der Waals surface area contributed by atoms with Gasteiger partial charge in [0.25, 0.3) is 0 Å². The van der Waals surface area contributed by atoms with Gasteiger partial charge in [-0.15, -0.1) is 0 Å². The fourth-order valence-corrected chi connectivity index (χ4v) is 4.27. The molecule has 2 unspecified atom stereocenters. The van der Waals surface area contributed by atoms with Crippen molar-refractivity contribution in [1.82, 2.24) is 0 Å². The fourth-order valence-electron chi connectivity index (χ4n) is 4.27. The van der Waals surface area contributed by atoms with Crippen LogP contribution in [0.25, 0.3) is 0 Å². The molecule has 1 aromatic carbocycles. The molecule has 2 rings (SSSR count). The molecule has 110 valence electrons. The molecule has 20 heavy (non-hydrogen) atoms. The number of phenols is 1. The Morgan fingerprint density at radius 1 is 1.05 bits per heavy atom. The number of aromatic hydroxyl groups is 1. The van der Waals surface area contributed by atoms with Crippen LogP contribution in [-0.4, -0.2) is 5.11 Å². The highest BCUT2D eigenvalue weighted by atomic mass is 16.3. The monoisotopic (exact) mass is 272 g/mol. The maximum absolute atomic E-state index is 9.55. The van der Waals surface area contributed by atoms with Crippen molar-refractivity contribution in [2.45, 2.75) is 58.8 Å². The standard InChI is InChI=1S/C19H28O/c1-5-18(6-2)13-8-14-19(7-3,15(18)4)16-9-11-17(20)12-10-16/h8-12,14-15,20H,5-7,13H2,1-4H3. The van der Waals surface area contributed by atoms with Crippen LogP contribution in [-0.2, 0) is 5.41 Å². The third kappa shape index (κ3) is 2.17. The van der Waals surface area contributed by atoms with Crippen molar-refractivity contribution >= 4 is 0 Å². The summed E-state index contributed by atoms with van der Waals surface area (Å²) in [6, 6.07) is 7.84. The molecule has 1 N–H and O–H groups in total. The van der Waals surface area contributed by atoms with Crippen molar-refractivity contribution in [2.24, 2.45) is 11.3 Å². The maximum Gasteiger partial charge on any atom is 0.115 e. The van der Waals surface area contributed by atoms with E-state index in [4.69, 9.17) is 0 Å². The van der Waals surface area contributed by atoms with Gasteiger partial charge in [-0.05, 0) is 54.7 Å². The zero-order valence-corrected chi connectivity index (χ0v) is 13.3. The second kappa shape index (κ2) is 5.63. The molecule has 1 heteroatoms. The van der Waals surface area contributed by atoms with Crippen LogP contribution in [0, 0.1) is 11.3 Å². The molecule has 0 bridgehead atoms. The Kier molecular flexibility index (Phi) is 4.27. The molecule has 2 atom stereocenters. The van der Waals surface area contributed by atoms with E-state index in [1.165, 1.54) is 24.8 Å². The Hall–Kier alpha value is -1.24. The van der Waals surface area contributed by atoms with E-state index in [0.717, 1.165) is 6.42 Å². The minimum atomic E-state index is 0.109. The molecule has 0 saturated carbocycles. The quantitative estimate of drug-likeness (QED) is 0.723. The molecular formula is C19H28O. The van der Waals surface area contributed by atoms with Crippen molar-refractivity contribution in [2.75, 3.05) is 0 Å². The van der Waals surface area contributed by atoms with E-state index in [1.54, 1.807) is 0 Å². The van der Waals surface area contributed by atoms with E-state index in [2.05, 4.69) is 52.0 Å². The summed E-state index contributed by atoms with van der Waals surface area (Å²) in [6.07, 6.45) is 9.58. The average molecular weight is 272 g/mol. The van der Waals surface area contributed by atoms with Gasteiger partial charge in [-0.1, -0.05) is 52.0 Å². The van der Waals surface area contributed by atoms with E-state index >= 15 is 0 Å². The molecule has 0 amide bonds. The molecule has 0 heterocycles. The minimum absolute atomic E-state index is 0.109. The van der Waals surface area contributed by atoms with Gasteiger partial charge in [0.15, 0.2) is 0 Å². The second-order valence-electron chi connectivity index (χ2n) is 6.34. The topological polar surface area (TPSA) is 20.2 Å². The molecular weight excluding hydrogens is 244 g/mol. The first-order valence-corrected chi connectivity index (χ1v) is 8.02. The number of phenolic OH excluding ortho intramolecular Hbond substituents is 1. The van der Waals surface area contributed by atoms with Gasteiger partial charge >= 0.3 is 0 Å². The van der Waals surface area contributed by atoms with Gasteiger partial charge in [0.05, 0.1) is 0 Å². The molecule has 1 aliphatic rings. The summed E-state index contributed by atoms with van der Waals surface area (Å²) in [6.45, 7) is 9.37. The van der Waals surface area contributed by atoms with Crippen LogP contribution in [0.1, 0.15) is 58.9 Å². The SMILES string of the molecule is CCC1(CC)CC=CC(CC)(c2ccc(O)cc2)C1C. The molecule has 1 aromatic rings. The van der Waals surface area contributed by atoms with Crippen molar-refractivity contribution in [3.05, 3.63) is 42.0 Å². The highest BCUT2D eigenvalue weighted by Crippen LogP contribution is 2.54. The molecule has 0 fully saturated rings. The Balaban J connectivity index is 2.52. The summed E-state index contributed by atoms with van der Waals surface area (Å²) in [7, 11) is 0. The lowest BCUT2D eigenvalue weighted by atomic mass is 9.53. The zero-order chi connectivity index (χ0) is 14.8. The van der Waals surface area contributed by atoms with Gasteiger partial charge in [0, 0.05) is 5.41 Å². The fraction of sp³-hybridized carbons (Fsp3) is 0.579. The van der Waals surface area contributed by atoms with Gasteiger partial charge in [-0.25, -0.2) is 0 Å². The highest BCUT2D eigenvalue weighted by Gasteiger charge is 2.46. The van der Waals surface area contributed by atoms with Gasteiger partial charge < -0.3 is 5.11 Å². The van der Waals surface area contributed by atoms with Crippen LogP contribution in [0.2, 0.25) is 0 Å². The molecule has 0 saturated heterocycles. The third-order valence-corrected chi connectivity index (χ3v) is 6.03. The first-order valence-electron chi connectivity index (χ1n) is 8.02. The van der Waals surface area contributed by atoms with Crippen LogP contribution in [0.3, 0.4) is 0 Å². The zero-order valence-electron chi connectivity index (χ0n) is 13.3. The molecule has 1 aliphatic carbocycles. The molecule has 0 aliphatic heterocycles. The Labute approximate surface area is 123 Å². The van der Waals surface area contributed by atoms with E-state index in [1.807, 2.05) is 12.1 Å². The number of allylic oxidation sites excluding steroid dienone is 2. The lowest BCUT2D eigenvalue weighted by molar-refractivity contribution is 0.0869. The van der Waals surface area contributed by atoms with E-state index in [9.17, 15) is 5.11 Å². The van der Waals surface area contributed by atoms with Crippen molar-refractivity contribution in [1.29, 1.82) is 0 Å². The largest absolute Gasteiger partial charge is 0.508 e. The average Bonchev–Trinajstić information content (AvgIpc) is 2.49. The normalized spacial score (nSPS) is 28.5. The Morgan fingerprint density at radius 3 is 2.15 bits per heavy atom. The van der Waals surface area contributed by atoms with Gasteiger partial charge in [0.1, 0.15) is 5.75 Å². The summed E-state index contributed by atoms with van der Waals surface area (Å²) in [4.78, 5) is 0. The summed E-state index contributed by atoms with van der Waals surface area (Å²) < 4.78 is 0. The first-order chi connectivity index (χ1) is 9.54. The van der Waals surface area contributed by atoms with Crippen LogP contribution in [0.15, 0.2) is 36.4 Å². The molecule has 1 nitrogen and oxygen atoms in total. The predicted octanol–water partition coefficient (Wildman–Crippen LogP) is 5.44.